The second-order valence-electron chi connectivity index (χ2n) is 4.70. The number of nitrogens with one attached hydrogen (secondary N) is 1. The molecule has 2 nitrogen and oxygen atoms in total. The van der Waals surface area contributed by atoms with Crippen LogP contribution in [0.4, 0.5) is 4.39 Å². The summed E-state index contributed by atoms with van der Waals surface area (Å²) in [5, 5.41) is 3.41. The van der Waals surface area contributed by atoms with E-state index >= 15 is 0 Å². The molecule has 2 rings (SSSR count). The van der Waals surface area contributed by atoms with Gasteiger partial charge in [-0.25, -0.2) is 4.39 Å². The van der Waals surface area contributed by atoms with Crippen LogP contribution >= 0.6 is 15.9 Å². The van der Waals surface area contributed by atoms with E-state index in [1.807, 2.05) is 12.1 Å². The zero-order valence-electron chi connectivity index (χ0n) is 11.1. The van der Waals surface area contributed by atoms with Crippen molar-refractivity contribution in [2.75, 3.05) is 13.2 Å². The Kier molecular flexibility index (Phi) is 5.40. The lowest BCUT2D eigenvalue weighted by Gasteiger charge is -2.25. The summed E-state index contributed by atoms with van der Waals surface area (Å²) >= 11 is 3.25. The highest BCUT2D eigenvalue weighted by atomic mass is 79.9. The molecular formula is C15H19BrFNO. The second kappa shape index (κ2) is 7.06. The molecule has 1 aromatic carbocycles. The minimum atomic E-state index is -0.192. The molecule has 0 aliphatic carbocycles. The van der Waals surface area contributed by atoms with Gasteiger partial charge in [0.1, 0.15) is 5.82 Å². The minimum Gasteiger partial charge on any atom is -0.501 e. The van der Waals surface area contributed by atoms with Crippen molar-refractivity contribution in [1.29, 1.82) is 0 Å². The lowest BCUT2D eigenvalue weighted by molar-refractivity contribution is 0.219. The highest BCUT2D eigenvalue weighted by Crippen LogP contribution is 2.31. The molecule has 0 fully saturated rings. The van der Waals surface area contributed by atoms with Crippen LogP contribution in [0.15, 0.2) is 34.5 Å². The van der Waals surface area contributed by atoms with Gasteiger partial charge in [-0.15, -0.1) is 0 Å². The van der Waals surface area contributed by atoms with E-state index in [1.165, 1.54) is 0 Å². The van der Waals surface area contributed by atoms with Gasteiger partial charge >= 0.3 is 0 Å². The van der Waals surface area contributed by atoms with Gasteiger partial charge in [-0.3, -0.25) is 0 Å². The molecule has 4 heteroatoms. The Morgan fingerprint density at radius 3 is 3.00 bits per heavy atom. The van der Waals surface area contributed by atoms with Gasteiger partial charge in [0.25, 0.3) is 0 Å². The molecule has 1 unspecified atom stereocenters. The maximum absolute atomic E-state index is 14.3. The predicted octanol–water partition coefficient (Wildman–Crippen LogP) is 4.32. The van der Waals surface area contributed by atoms with E-state index in [2.05, 4.69) is 28.2 Å². The molecule has 1 heterocycles. The van der Waals surface area contributed by atoms with Crippen molar-refractivity contribution in [3.05, 3.63) is 45.9 Å². The molecular weight excluding hydrogens is 309 g/mol. The molecule has 1 N–H and O–H groups in total. The molecule has 19 heavy (non-hydrogen) atoms. The van der Waals surface area contributed by atoms with Crippen LogP contribution in [0.2, 0.25) is 0 Å². The molecule has 0 saturated heterocycles. The SMILES string of the molecule is CCCNC(C1=COCCC1)c1cccc(Br)c1F. The maximum Gasteiger partial charge on any atom is 0.142 e. The Bertz CT molecular complexity index is 461. The summed E-state index contributed by atoms with van der Waals surface area (Å²) in [5.41, 5.74) is 1.80. The standard InChI is InChI=1S/C15H19BrFNO/c1-2-8-18-15(11-5-4-9-19-10-11)12-6-3-7-13(16)14(12)17/h3,6-7,10,15,18H,2,4-5,8-9H2,1H3. The van der Waals surface area contributed by atoms with Gasteiger partial charge in [-0.05, 0) is 53.4 Å². The Morgan fingerprint density at radius 2 is 2.32 bits per heavy atom. The summed E-state index contributed by atoms with van der Waals surface area (Å²) in [7, 11) is 0. The average Bonchev–Trinajstić information content (AvgIpc) is 2.45. The van der Waals surface area contributed by atoms with Crippen molar-refractivity contribution < 1.29 is 9.13 Å². The van der Waals surface area contributed by atoms with Crippen LogP contribution in [0, 0.1) is 5.82 Å². The number of halogens is 2. The molecule has 1 aromatic rings. The monoisotopic (exact) mass is 327 g/mol. The lowest BCUT2D eigenvalue weighted by Crippen LogP contribution is -2.26. The number of ether oxygens (including phenoxy) is 1. The van der Waals surface area contributed by atoms with Crippen LogP contribution in [0.5, 0.6) is 0 Å². The summed E-state index contributed by atoms with van der Waals surface area (Å²) in [4.78, 5) is 0. The summed E-state index contributed by atoms with van der Waals surface area (Å²) in [6.07, 6.45) is 4.75. The molecule has 0 spiro atoms. The first-order valence-corrected chi connectivity index (χ1v) is 7.51. The van der Waals surface area contributed by atoms with Crippen LogP contribution in [0.3, 0.4) is 0 Å². The van der Waals surface area contributed by atoms with E-state index in [4.69, 9.17) is 4.74 Å². The van der Waals surface area contributed by atoms with Gasteiger partial charge in [-0.1, -0.05) is 19.1 Å². The number of benzene rings is 1. The lowest BCUT2D eigenvalue weighted by atomic mass is 9.94. The zero-order chi connectivity index (χ0) is 13.7. The minimum absolute atomic E-state index is 0.0993. The first kappa shape index (κ1) is 14.5. The summed E-state index contributed by atoms with van der Waals surface area (Å²) in [5.74, 6) is -0.192. The fourth-order valence-electron chi connectivity index (χ4n) is 2.27. The van der Waals surface area contributed by atoms with Crippen LogP contribution < -0.4 is 5.32 Å². The van der Waals surface area contributed by atoms with Gasteiger partial charge in [0.2, 0.25) is 0 Å². The molecule has 1 aliphatic heterocycles. The molecule has 1 atom stereocenters. The second-order valence-corrected chi connectivity index (χ2v) is 5.55. The average molecular weight is 328 g/mol. The molecule has 0 radical (unpaired) electrons. The van der Waals surface area contributed by atoms with Crippen molar-refractivity contribution in [2.45, 2.75) is 32.2 Å². The van der Waals surface area contributed by atoms with Crippen molar-refractivity contribution >= 4 is 15.9 Å². The third kappa shape index (κ3) is 3.57. The third-order valence-corrected chi connectivity index (χ3v) is 3.84. The number of hydrogen-bond donors (Lipinski definition) is 1. The third-order valence-electron chi connectivity index (χ3n) is 3.22. The molecule has 1 aliphatic rings. The summed E-state index contributed by atoms with van der Waals surface area (Å²) < 4.78 is 20.2. The van der Waals surface area contributed by atoms with Crippen molar-refractivity contribution in [1.82, 2.24) is 5.32 Å². The first-order chi connectivity index (χ1) is 9.24. The number of rotatable bonds is 5. The predicted molar refractivity (Wildman–Crippen MR) is 78.4 cm³/mol. The van der Waals surface area contributed by atoms with Crippen LogP contribution in [0.25, 0.3) is 0 Å². The van der Waals surface area contributed by atoms with E-state index in [-0.39, 0.29) is 11.9 Å². The highest BCUT2D eigenvalue weighted by molar-refractivity contribution is 9.10. The van der Waals surface area contributed by atoms with E-state index < -0.39 is 0 Å². The van der Waals surface area contributed by atoms with Crippen LogP contribution in [-0.4, -0.2) is 13.2 Å². The number of hydrogen-bond acceptors (Lipinski definition) is 2. The Hall–Kier alpha value is -0.870. The Balaban J connectivity index is 2.30. The van der Waals surface area contributed by atoms with E-state index in [0.29, 0.717) is 10.0 Å². The van der Waals surface area contributed by atoms with Gasteiger partial charge in [0, 0.05) is 5.56 Å². The largest absolute Gasteiger partial charge is 0.501 e. The summed E-state index contributed by atoms with van der Waals surface area (Å²) in [6, 6.07) is 5.33. The topological polar surface area (TPSA) is 21.3 Å². The molecule has 0 saturated carbocycles. The fraction of sp³-hybridized carbons (Fsp3) is 0.467. The molecule has 0 aromatic heterocycles. The van der Waals surface area contributed by atoms with E-state index in [9.17, 15) is 4.39 Å². The fourth-order valence-corrected chi connectivity index (χ4v) is 2.65. The maximum atomic E-state index is 14.3. The highest BCUT2D eigenvalue weighted by Gasteiger charge is 2.22. The van der Waals surface area contributed by atoms with Gasteiger partial charge in [0.05, 0.1) is 23.4 Å². The molecule has 104 valence electrons. The quantitative estimate of drug-likeness (QED) is 0.869. The van der Waals surface area contributed by atoms with Gasteiger partial charge in [-0.2, -0.15) is 0 Å². The zero-order valence-corrected chi connectivity index (χ0v) is 12.7. The Morgan fingerprint density at radius 1 is 1.47 bits per heavy atom. The van der Waals surface area contributed by atoms with Crippen molar-refractivity contribution in [3.8, 4) is 0 Å². The van der Waals surface area contributed by atoms with Gasteiger partial charge < -0.3 is 10.1 Å². The smallest absolute Gasteiger partial charge is 0.142 e. The summed E-state index contributed by atoms with van der Waals surface area (Å²) in [6.45, 7) is 3.71. The van der Waals surface area contributed by atoms with Crippen molar-refractivity contribution in [2.24, 2.45) is 0 Å². The first-order valence-electron chi connectivity index (χ1n) is 6.72. The Labute approximate surface area is 122 Å². The van der Waals surface area contributed by atoms with Crippen molar-refractivity contribution in [3.63, 3.8) is 0 Å². The normalized spacial score (nSPS) is 16.7. The van der Waals surface area contributed by atoms with E-state index in [1.54, 1.807) is 12.3 Å². The molecule has 0 amide bonds. The van der Waals surface area contributed by atoms with E-state index in [0.717, 1.165) is 38.0 Å². The van der Waals surface area contributed by atoms with Gasteiger partial charge in [0.15, 0.2) is 0 Å². The molecule has 0 bridgehead atoms. The van der Waals surface area contributed by atoms with Crippen LogP contribution in [0.1, 0.15) is 37.8 Å². The van der Waals surface area contributed by atoms with Crippen LogP contribution in [-0.2, 0) is 4.74 Å².